The van der Waals surface area contributed by atoms with Crippen molar-refractivity contribution < 1.29 is 4.74 Å². The first kappa shape index (κ1) is 9.02. The zero-order chi connectivity index (χ0) is 10.5. The van der Waals surface area contributed by atoms with Crippen molar-refractivity contribution in [3.8, 4) is 5.75 Å². The molecule has 1 aromatic carbocycles. The molecule has 0 spiro atoms. The van der Waals surface area contributed by atoms with Gasteiger partial charge in [-0.05, 0) is 38.7 Å². The molecule has 3 rings (SSSR count). The second-order valence-corrected chi connectivity index (χ2v) is 4.79. The lowest BCUT2D eigenvalue weighted by molar-refractivity contribution is 0.149. The van der Waals surface area contributed by atoms with Crippen molar-refractivity contribution in [3.05, 3.63) is 35.4 Å². The second-order valence-electron chi connectivity index (χ2n) is 4.79. The molecular weight excluding hydrogens is 184 g/mol. The van der Waals surface area contributed by atoms with Crippen molar-refractivity contribution in [1.82, 2.24) is 0 Å². The molecule has 1 aliphatic heterocycles. The van der Waals surface area contributed by atoms with Gasteiger partial charge in [-0.3, -0.25) is 0 Å². The van der Waals surface area contributed by atoms with E-state index in [1.807, 2.05) is 0 Å². The van der Waals surface area contributed by atoms with Gasteiger partial charge in [0, 0.05) is 11.1 Å². The number of rotatable bonds is 0. The Balaban J connectivity index is 2.21. The van der Waals surface area contributed by atoms with Gasteiger partial charge in [0.15, 0.2) is 0 Å². The Morgan fingerprint density at radius 1 is 1.33 bits per heavy atom. The average molecular weight is 200 g/mol. The summed E-state index contributed by atoms with van der Waals surface area (Å²) >= 11 is 0. The fraction of sp³-hybridized carbons (Fsp3) is 0.429. The van der Waals surface area contributed by atoms with Crippen LogP contribution in [-0.4, -0.2) is 5.60 Å². The van der Waals surface area contributed by atoms with Crippen LogP contribution in [0.25, 0.3) is 5.57 Å². The highest BCUT2D eigenvalue weighted by Crippen LogP contribution is 2.49. The maximum Gasteiger partial charge on any atom is 0.132 e. The van der Waals surface area contributed by atoms with Gasteiger partial charge in [-0.1, -0.05) is 24.3 Å². The largest absolute Gasteiger partial charge is 0.482 e. The van der Waals surface area contributed by atoms with E-state index >= 15 is 0 Å². The number of allylic oxidation sites excluding steroid dienone is 1. The van der Waals surface area contributed by atoms with E-state index < -0.39 is 0 Å². The zero-order valence-corrected chi connectivity index (χ0v) is 9.34. The molecule has 2 aliphatic rings. The quantitative estimate of drug-likeness (QED) is 0.620. The fourth-order valence-electron chi connectivity index (χ4n) is 2.76. The first-order valence-electron chi connectivity index (χ1n) is 5.70. The van der Waals surface area contributed by atoms with Crippen LogP contribution >= 0.6 is 0 Å². The molecule has 0 aromatic heterocycles. The highest BCUT2D eigenvalue weighted by molar-refractivity contribution is 5.81. The minimum atomic E-state index is -0.0489. The standard InChI is InChI=1S/C14H16O/c1-10-6-5-7-11-12-8-3-4-9-14(12,2)15-13(10)11/h5-8H,3-4,9H2,1-2H3. The summed E-state index contributed by atoms with van der Waals surface area (Å²) in [5.74, 6) is 1.10. The molecule has 1 unspecified atom stereocenters. The van der Waals surface area contributed by atoms with Gasteiger partial charge in [-0.25, -0.2) is 0 Å². The molecular formula is C14H16O. The smallest absolute Gasteiger partial charge is 0.132 e. The SMILES string of the molecule is Cc1cccc2c1OC1(C)CCCC=C21. The monoisotopic (exact) mass is 200 g/mol. The zero-order valence-electron chi connectivity index (χ0n) is 9.34. The van der Waals surface area contributed by atoms with Crippen molar-refractivity contribution in [2.75, 3.05) is 0 Å². The summed E-state index contributed by atoms with van der Waals surface area (Å²) in [6.45, 7) is 4.34. The van der Waals surface area contributed by atoms with Crippen LogP contribution in [0.15, 0.2) is 24.3 Å². The summed E-state index contributed by atoms with van der Waals surface area (Å²) in [6, 6.07) is 6.43. The summed E-state index contributed by atoms with van der Waals surface area (Å²) in [5.41, 5.74) is 3.93. The van der Waals surface area contributed by atoms with Gasteiger partial charge in [0.2, 0.25) is 0 Å². The van der Waals surface area contributed by atoms with E-state index in [0.29, 0.717) is 0 Å². The molecule has 0 amide bonds. The van der Waals surface area contributed by atoms with Crippen LogP contribution in [0.1, 0.15) is 37.3 Å². The van der Waals surface area contributed by atoms with Crippen molar-refractivity contribution in [3.63, 3.8) is 0 Å². The third kappa shape index (κ3) is 1.16. The minimum Gasteiger partial charge on any atom is -0.482 e. The molecule has 1 heterocycles. The predicted octanol–water partition coefficient (Wildman–Crippen LogP) is 3.71. The van der Waals surface area contributed by atoms with E-state index in [4.69, 9.17) is 4.74 Å². The number of aryl methyl sites for hydroxylation is 1. The van der Waals surface area contributed by atoms with Crippen molar-refractivity contribution in [2.45, 2.75) is 38.7 Å². The maximum absolute atomic E-state index is 6.16. The van der Waals surface area contributed by atoms with Gasteiger partial charge >= 0.3 is 0 Å². The number of hydrogen-bond acceptors (Lipinski definition) is 1. The topological polar surface area (TPSA) is 9.23 Å². The summed E-state index contributed by atoms with van der Waals surface area (Å²) < 4.78 is 6.16. The van der Waals surface area contributed by atoms with Crippen LogP contribution in [0.2, 0.25) is 0 Å². The Hall–Kier alpha value is -1.24. The molecule has 0 saturated heterocycles. The average Bonchev–Trinajstić information content (AvgIpc) is 2.52. The summed E-state index contributed by atoms with van der Waals surface area (Å²) in [4.78, 5) is 0. The number of hydrogen-bond donors (Lipinski definition) is 0. The van der Waals surface area contributed by atoms with Gasteiger partial charge in [0.25, 0.3) is 0 Å². The third-order valence-corrected chi connectivity index (χ3v) is 3.61. The van der Waals surface area contributed by atoms with E-state index in [1.165, 1.54) is 29.5 Å². The van der Waals surface area contributed by atoms with Crippen LogP contribution in [0.3, 0.4) is 0 Å². The molecule has 0 radical (unpaired) electrons. The lowest BCUT2D eigenvalue weighted by Crippen LogP contribution is -2.30. The number of fused-ring (bicyclic) bond motifs is 3. The normalized spacial score (nSPS) is 27.7. The summed E-state index contributed by atoms with van der Waals surface area (Å²) in [6.07, 6.45) is 5.94. The Bertz CT molecular complexity index is 445. The third-order valence-electron chi connectivity index (χ3n) is 3.61. The van der Waals surface area contributed by atoms with Crippen molar-refractivity contribution in [2.24, 2.45) is 0 Å². The molecule has 1 nitrogen and oxygen atoms in total. The van der Waals surface area contributed by atoms with E-state index in [1.54, 1.807) is 0 Å². The fourth-order valence-corrected chi connectivity index (χ4v) is 2.76. The van der Waals surface area contributed by atoms with E-state index in [-0.39, 0.29) is 5.60 Å². The highest BCUT2D eigenvalue weighted by atomic mass is 16.5. The molecule has 15 heavy (non-hydrogen) atoms. The molecule has 1 heteroatoms. The molecule has 0 N–H and O–H groups in total. The van der Waals surface area contributed by atoms with Crippen LogP contribution < -0.4 is 4.74 Å². The molecule has 78 valence electrons. The second kappa shape index (κ2) is 2.88. The molecule has 1 aliphatic carbocycles. The van der Waals surface area contributed by atoms with Crippen LogP contribution in [0.4, 0.5) is 0 Å². The summed E-state index contributed by atoms with van der Waals surface area (Å²) in [5, 5.41) is 0. The van der Waals surface area contributed by atoms with E-state index in [9.17, 15) is 0 Å². The molecule has 0 saturated carbocycles. The lowest BCUT2D eigenvalue weighted by atomic mass is 9.83. The van der Waals surface area contributed by atoms with Gasteiger partial charge in [-0.2, -0.15) is 0 Å². The van der Waals surface area contributed by atoms with Gasteiger partial charge in [0.05, 0.1) is 0 Å². The van der Waals surface area contributed by atoms with Gasteiger partial charge < -0.3 is 4.74 Å². The van der Waals surface area contributed by atoms with Crippen LogP contribution in [0.5, 0.6) is 5.75 Å². The molecule has 1 atom stereocenters. The first-order valence-corrected chi connectivity index (χ1v) is 5.70. The van der Waals surface area contributed by atoms with Crippen molar-refractivity contribution in [1.29, 1.82) is 0 Å². The predicted molar refractivity (Wildman–Crippen MR) is 62.0 cm³/mol. The Morgan fingerprint density at radius 2 is 2.20 bits per heavy atom. The van der Waals surface area contributed by atoms with Crippen LogP contribution in [0, 0.1) is 6.92 Å². The number of para-hydroxylation sites is 1. The molecule has 0 fully saturated rings. The van der Waals surface area contributed by atoms with Crippen molar-refractivity contribution >= 4 is 5.57 Å². The maximum atomic E-state index is 6.16. The number of ether oxygens (including phenoxy) is 1. The molecule has 0 bridgehead atoms. The Morgan fingerprint density at radius 3 is 3.07 bits per heavy atom. The van der Waals surface area contributed by atoms with Gasteiger partial charge in [-0.15, -0.1) is 0 Å². The Kier molecular flexibility index (Phi) is 1.73. The lowest BCUT2D eigenvalue weighted by Gasteiger charge is -2.29. The van der Waals surface area contributed by atoms with E-state index in [0.717, 1.165) is 12.2 Å². The van der Waals surface area contributed by atoms with Crippen LogP contribution in [-0.2, 0) is 0 Å². The minimum absolute atomic E-state index is 0.0489. The first-order chi connectivity index (χ1) is 7.21. The molecule has 1 aromatic rings. The Labute approximate surface area is 90.8 Å². The van der Waals surface area contributed by atoms with Gasteiger partial charge in [0.1, 0.15) is 11.4 Å². The van der Waals surface area contributed by atoms with E-state index in [2.05, 4.69) is 38.1 Å². The summed E-state index contributed by atoms with van der Waals surface area (Å²) in [7, 11) is 0. The number of benzene rings is 1. The highest BCUT2D eigenvalue weighted by Gasteiger charge is 2.41.